The summed E-state index contributed by atoms with van der Waals surface area (Å²) in [5.74, 6) is -0.562. The number of esters is 1. The first-order chi connectivity index (χ1) is 8.84. The van der Waals surface area contributed by atoms with E-state index in [1.54, 1.807) is 6.07 Å². The van der Waals surface area contributed by atoms with Gasteiger partial charge in [-0.3, -0.25) is 9.52 Å². The number of anilines is 1. The molecule has 0 aliphatic rings. The van der Waals surface area contributed by atoms with Crippen molar-refractivity contribution in [2.24, 2.45) is 0 Å². The third-order valence-electron chi connectivity index (χ3n) is 2.31. The fourth-order valence-electron chi connectivity index (χ4n) is 1.35. The van der Waals surface area contributed by atoms with Gasteiger partial charge in [0.15, 0.2) is 0 Å². The summed E-state index contributed by atoms with van der Waals surface area (Å²) >= 11 is 3.24. The van der Waals surface area contributed by atoms with E-state index in [0.717, 1.165) is 5.56 Å². The molecular weight excluding hydrogens is 336 g/mol. The van der Waals surface area contributed by atoms with Crippen LogP contribution in [0.2, 0.25) is 0 Å². The SMILES string of the molecule is COC(=O)CCCS(=O)(=O)Nc1cnc(Br)c(C)c1. The Hall–Kier alpha value is -1.15. The van der Waals surface area contributed by atoms with Crippen LogP contribution >= 0.6 is 15.9 Å². The zero-order chi connectivity index (χ0) is 14.5. The van der Waals surface area contributed by atoms with Gasteiger partial charge in [0.25, 0.3) is 0 Å². The van der Waals surface area contributed by atoms with Gasteiger partial charge in [0.1, 0.15) is 4.60 Å². The molecule has 0 aliphatic carbocycles. The number of aromatic nitrogens is 1. The van der Waals surface area contributed by atoms with Crippen molar-refractivity contribution < 1.29 is 17.9 Å². The summed E-state index contributed by atoms with van der Waals surface area (Å²) in [6, 6.07) is 1.68. The molecule has 0 unspecified atom stereocenters. The van der Waals surface area contributed by atoms with Crippen molar-refractivity contribution in [3.8, 4) is 0 Å². The lowest BCUT2D eigenvalue weighted by Crippen LogP contribution is -2.18. The first kappa shape index (κ1) is 15.9. The van der Waals surface area contributed by atoms with Crippen LogP contribution in [-0.2, 0) is 19.6 Å². The zero-order valence-electron chi connectivity index (χ0n) is 10.6. The number of ether oxygens (including phenoxy) is 1. The summed E-state index contributed by atoms with van der Waals surface area (Å²) in [4.78, 5) is 14.9. The Bertz CT molecular complexity index is 560. The molecule has 0 fully saturated rings. The Morgan fingerprint density at radius 3 is 2.79 bits per heavy atom. The second-order valence-corrected chi connectivity index (χ2v) is 6.53. The van der Waals surface area contributed by atoms with E-state index in [2.05, 4.69) is 30.4 Å². The predicted octanol–water partition coefficient (Wildman–Crippen LogP) is 1.85. The number of hydrogen-bond donors (Lipinski definition) is 1. The molecule has 1 heterocycles. The van der Waals surface area contributed by atoms with E-state index in [1.165, 1.54) is 13.3 Å². The van der Waals surface area contributed by atoms with Gasteiger partial charge in [-0.25, -0.2) is 13.4 Å². The maximum Gasteiger partial charge on any atom is 0.305 e. The monoisotopic (exact) mass is 350 g/mol. The van der Waals surface area contributed by atoms with E-state index in [1.807, 2.05) is 6.92 Å². The van der Waals surface area contributed by atoms with Crippen molar-refractivity contribution in [3.05, 3.63) is 22.4 Å². The van der Waals surface area contributed by atoms with Crippen molar-refractivity contribution >= 4 is 37.6 Å². The Morgan fingerprint density at radius 1 is 1.53 bits per heavy atom. The highest BCUT2D eigenvalue weighted by Gasteiger charge is 2.12. The Labute approximate surface area is 120 Å². The minimum Gasteiger partial charge on any atom is -0.469 e. The Morgan fingerprint density at radius 2 is 2.21 bits per heavy atom. The predicted molar refractivity (Wildman–Crippen MR) is 75.3 cm³/mol. The lowest BCUT2D eigenvalue weighted by molar-refractivity contribution is -0.140. The number of carbonyl (C=O) groups excluding carboxylic acids is 1. The van der Waals surface area contributed by atoms with E-state index in [-0.39, 0.29) is 18.6 Å². The third kappa shape index (κ3) is 5.56. The number of nitrogens with one attached hydrogen (secondary N) is 1. The smallest absolute Gasteiger partial charge is 0.305 e. The number of sulfonamides is 1. The zero-order valence-corrected chi connectivity index (χ0v) is 13.0. The number of nitrogens with zero attached hydrogens (tertiary/aromatic N) is 1. The normalized spacial score (nSPS) is 11.1. The molecule has 8 heteroatoms. The van der Waals surface area contributed by atoms with Crippen molar-refractivity contribution in [3.63, 3.8) is 0 Å². The molecular formula is C11H15BrN2O4S. The quantitative estimate of drug-likeness (QED) is 0.624. The Kier molecular flexibility index (Phi) is 5.74. The average molecular weight is 351 g/mol. The molecule has 0 spiro atoms. The highest BCUT2D eigenvalue weighted by Crippen LogP contribution is 2.17. The fraction of sp³-hybridized carbons (Fsp3) is 0.455. The van der Waals surface area contributed by atoms with E-state index < -0.39 is 16.0 Å². The van der Waals surface area contributed by atoms with Gasteiger partial charge in [-0.1, -0.05) is 0 Å². The average Bonchev–Trinajstić information content (AvgIpc) is 2.33. The highest BCUT2D eigenvalue weighted by molar-refractivity contribution is 9.10. The van der Waals surface area contributed by atoms with Gasteiger partial charge in [-0.05, 0) is 40.9 Å². The minimum atomic E-state index is -3.48. The van der Waals surface area contributed by atoms with Gasteiger partial charge in [-0.2, -0.15) is 0 Å². The van der Waals surface area contributed by atoms with Gasteiger partial charge in [-0.15, -0.1) is 0 Å². The highest BCUT2D eigenvalue weighted by atomic mass is 79.9. The molecule has 1 N–H and O–H groups in total. The van der Waals surface area contributed by atoms with Gasteiger partial charge in [0.2, 0.25) is 10.0 Å². The third-order valence-corrected chi connectivity index (χ3v) is 4.51. The summed E-state index contributed by atoms with van der Waals surface area (Å²) < 4.78 is 31.1. The molecule has 0 saturated carbocycles. The van der Waals surface area contributed by atoms with Crippen LogP contribution in [0.15, 0.2) is 16.9 Å². The van der Waals surface area contributed by atoms with Crippen molar-refractivity contribution in [2.75, 3.05) is 17.6 Å². The molecule has 1 aromatic rings. The molecule has 0 bridgehead atoms. The van der Waals surface area contributed by atoms with Crippen LogP contribution in [-0.4, -0.2) is 32.2 Å². The van der Waals surface area contributed by atoms with Crippen LogP contribution in [0.5, 0.6) is 0 Å². The second-order valence-electron chi connectivity index (χ2n) is 3.93. The summed E-state index contributed by atoms with van der Waals surface area (Å²) in [5, 5.41) is 0. The van der Waals surface area contributed by atoms with E-state index in [4.69, 9.17) is 0 Å². The number of hydrogen-bond acceptors (Lipinski definition) is 5. The molecule has 1 rings (SSSR count). The van der Waals surface area contributed by atoms with Crippen LogP contribution in [0.3, 0.4) is 0 Å². The molecule has 0 radical (unpaired) electrons. The summed E-state index contributed by atoms with van der Waals surface area (Å²) in [6.07, 6.45) is 1.72. The number of halogens is 1. The Balaban J connectivity index is 2.59. The number of pyridine rings is 1. The number of carbonyl (C=O) groups is 1. The minimum absolute atomic E-state index is 0.0784. The van der Waals surface area contributed by atoms with Crippen molar-refractivity contribution in [1.29, 1.82) is 0 Å². The molecule has 0 atom stereocenters. The summed E-state index contributed by atoms with van der Waals surface area (Å²) in [6.45, 7) is 1.81. The van der Waals surface area contributed by atoms with E-state index in [9.17, 15) is 13.2 Å². The molecule has 6 nitrogen and oxygen atoms in total. The number of methoxy groups -OCH3 is 1. The van der Waals surface area contributed by atoms with E-state index >= 15 is 0 Å². The van der Waals surface area contributed by atoms with Gasteiger partial charge < -0.3 is 4.74 Å². The molecule has 1 aromatic heterocycles. The van der Waals surface area contributed by atoms with Crippen LogP contribution in [0, 0.1) is 6.92 Å². The molecule has 0 saturated heterocycles. The summed E-state index contributed by atoms with van der Waals surface area (Å²) in [7, 11) is -2.21. The topological polar surface area (TPSA) is 85.4 Å². The lowest BCUT2D eigenvalue weighted by Gasteiger charge is -2.08. The van der Waals surface area contributed by atoms with Crippen molar-refractivity contribution in [2.45, 2.75) is 19.8 Å². The van der Waals surface area contributed by atoms with Gasteiger partial charge in [0.05, 0.1) is 24.7 Å². The number of aryl methyl sites for hydroxylation is 1. The maximum atomic E-state index is 11.8. The first-order valence-corrected chi connectivity index (χ1v) is 7.98. The lowest BCUT2D eigenvalue weighted by atomic mass is 10.3. The van der Waals surface area contributed by atoms with Crippen LogP contribution < -0.4 is 4.72 Å². The van der Waals surface area contributed by atoms with Gasteiger partial charge in [0, 0.05) is 6.42 Å². The molecule has 106 valence electrons. The molecule has 19 heavy (non-hydrogen) atoms. The van der Waals surface area contributed by atoms with E-state index in [0.29, 0.717) is 10.3 Å². The first-order valence-electron chi connectivity index (χ1n) is 5.53. The largest absolute Gasteiger partial charge is 0.469 e. The number of rotatable bonds is 6. The van der Waals surface area contributed by atoms with Crippen molar-refractivity contribution in [1.82, 2.24) is 4.98 Å². The van der Waals surface area contributed by atoms with Crippen LogP contribution in [0.25, 0.3) is 0 Å². The fourth-order valence-corrected chi connectivity index (χ4v) is 2.67. The standard InChI is InChI=1S/C11H15BrN2O4S/c1-8-6-9(7-13-11(8)12)14-19(16,17)5-3-4-10(15)18-2/h6-7,14H,3-5H2,1-2H3. The van der Waals surface area contributed by atoms with Gasteiger partial charge >= 0.3 is 5.97 Å². The van der Waals surface area contributed by atoms with Crippen LogP contribution in [0.1, 0.15) is 18.4 Å². The summed E-state index contributed by atoms with van der Waals surface area (Å²) in [5.41, 5.74) is 1.23. The molecule has 0 amide bonds. The second kappa shape index (κ2) is 6.85. The maximum absolute atomic E-state index is 11.8. The molecule has 0 aromatic carbocycles. The molecule has 0 aliphatic heterocycles. The van der Waals surface area contributed by atoms with Crippen LogP contribution in [0.4, 0.5) is 5.69 Å².